The normalized spacial score (nSPS) is 14.5. The fourth-order valence-corrected chi connectivity index (χ4v) is 3.74. The monoisotopic (exact) mass is 609 g/mol. The van der Waals surface area contributed by atoms with Crippen molar-refractivity contribution in [3.05, 3.63) is 59.7 Å². The van der Waals surface area contributed by atoms with Crippen molar-refractivity contribution in [3.63, 3.8) is 0 Å². The first-order valence-corrected chi connectivity index (χ1v) is 11.9. The summed E-state index contributed by atoms with van der Waals surface area (Å²) in [6.45, 7) is -1.62. The van der Waals surface area contributed by atoms with Crippen molar-refractivity contribution >= 4 is 29.3 Å². The third-order valence-electron chi connectivity index (χ3n) is 5.70. The second-order valence-electron chi connectivity index (χ2n) is 8.83. The number of carbonyl (C=O) groups excluding carboxylic acids is 1. The summed E-state index contributed by atoms with van der Waals surface area (Å²) in [5, 5.41) is 4.88. The van der Waals surface area contributed by atoms with E-state index in [4.69, 9.17) is 0 Å². The van der Waals surface area contributed by atoms with Gasteiger partial charge >= 0.3 is 30.6 Å². The molecule has 2 aromatic carbocycles. The summed E-state index contributed by atoms with van der Waals surface area (Å²) >= 11 is 0. The molecular weight excluding hydrogens is 589 g/mol. The first-order chi connectivity index (χ1) is 19.6. The van der Waals surface area contributed by atoms with Crippen molar-refractivity contribution in [2.24, 2.45) is 0 Å². The molecule has 1 aliphatic heterocycles. The number of amides is 2. The molecule has 1 aliphatic rings. The lowest BCUT2D eigenvalue weighted by Gasteiger charge is -2.34. The quantitative estimate of drug-likeness (QED) is 0.334. The summed E-state index contributed by atoms with van der Waals surface area (Å²) in [6.07, 6.45) is -14.0. The Bertz CT molecular complexity index is 1410. The molecule has 0 unspecified atom stereocenters. The fraction of sp³-hybridized carbons (Fsp3) is 0.333. The van der Waals surface area contributed by atoms with Gasteiger partial charge in [-0.3, -0.25) is 0 Å². The number of halogens is 9. The highest BCUT2D eigenvalue weighted by Crippen LogP contribution is 2.32. The second-order valence-corrected chi connectivity index (χ2v) is 8.83. The second kappa shape index (κ2) is 11.8. The molecule has 1 fully saturated rings. The smallest absolute Gasteiger partial charge is 0.422 e. The Morgan fingerprint density at radius 2 is 1.36 bits per heavy atom. The Morgan fingerprint density at radius 1 is 0.786 bits per heavy atom. The van der Waals surface area contributed by atoms with Crippen molar-refractivity contribution in [1.82, 2.24) is 19.9 Å². The van der Waals surface area contributed by atoms with E-state index >= 15 is 0 Å². The molecule has 0 radical (unpaired) electrons. The number of piperazine rings is 1. The molecule has 226 valence electrons. The van der Waals surface area contributed by atoms with E-state index in [1.54, 1.807) is 0 Å². The molecule has 0 atom stereocenters. The van der Waals surface area contributed by atoms with Crippen LogP contribution in [0, 0.1) is 0 Å². The number of carbonyl (C=O) groups is 1. The maximum atomic E-state index is 13.1. The Morgan fingerprint density at radius 3 is 1.93 bits per heavy atom. The van der Waals surface area contributed by atoms with E-state index in [-0.39, 0.29) is 43.5 Å². The van der Waals surface area contributed by atoms with E-state index in [9.17, 15) is 44.3 Å². The van der Waals surface area contributed by atoms with Gasteiger partial charge in [0.15, 0.2) is 6.61 Å². The summed E-state index contributed by atoms with van der Waals surface area (Å²) in [6, 6.07) is 6.56. The summed E-state index contributed by atoms with van der Waals surface area (Å²) in [5.41, 5.74) is -2.13. The zero-order chi connectivity index (χ0) is 30.7. The molecule has 1 saturated heterocycles. The molecule has 42 heavy (non-hydrogen) atoms. The van der Waals surface area contributed by atoms with Gasteiger partial charge in [-0.2, -0.15) is 54.5 Å². The lowest BCUT2D eigenvalue weighted by Crippen LogP contribution is -2.50. The van der Waals surface area contributed by atoms with Gasteiger partial charge in [0.1, 0.15) is 0 Å². The summed E-state index contributed by atoms with van der Waals surface area (Å²) in [7, 11) is 0. The Labute approximate surface area is 231 Å². The topological polar surface area (TPSA) is 95.5 Å². The third kappa shape index (κ3) is 8.26. The van der Waals surface area contributed by atoms with E-state index in [0.717, 1.165) is 36.4 Å². The number of benzene rings is 2. The Kier molecular flexibility index (Phi) is 8.53. The zero-order valence-corrected chi connectivity index (χ0v) is 21.1. The third-order valence-corrected chi connectivity index (χ3v) is 5.70. The van der Waals surface area contributed by atoms with Crippen LogP contribution in [0.4, 0.5) is 67.6 Å². The number of alkyl halides is 9. The van der Waals surface area contributed by atoms with Gasteiger partial charge in [0, 0.05) is 37.6 Å². The lowest BCUT2D eigenvalue weighted by molar-refractivity contribution is -0.154. The van der Waals surface area contributed by atoms with Crippen molar-refractivity contribution in [2.75, 3.05) is 48.3 Å². The van der Waals surface area contributed by atoms with Crippen LogP contribution < -0.4 is 20.3 Å². The van der Waals surface area contributed by atoms with Crippen LogP contribution in [0.25, 0.3) is 0 Å². The van der Waals surface area contributed by atoms with Gasteiger partial charge in [-0.1, -0.05) is 12.1 Å². The first kappa shape index (κ1) is 30.4. The molecule has 9 nitrogen and oxygen atoms in total. The van der Waals surface area contributed by atoms with Gasteiger partial charge in [0.25, 0.3) is 0 Å². The summed E-state index contributed by atoms with van der Waals surface area (Å²) < 4.78 is 121. The largest absolute Gasteiger partial charge is 0.454 e. The average molecular weight is 609 g/mol. The fourth-order valence-electron chi connectivity index (χ4n) is 3.74. The minimum atomic E-state index is -4.74. The minimum absolute atomic E-state index is 0.0195. The number of nitrogens with one attached hydrogen (secondary N) is 2. The molecule has 0 saturated carbocycles. The maximum Gasteiger partial charge on any atom is 0.422 e. The minimum Gasteiger partial charge on any atom is -0.454 e. The number of hydrogen-bond donors (Lipinski definition) is 2. The van der Waals surface area contributed by atoms with Gasteiger partial charge in [0.2, 0.25) is 11.9 Å². The number of urea groups is 1. The first-order valence-electron chi connectivity index (χ1n) is 11.9. The number of ether oxygens (including phenoxy) is 1. The Balaban J connectivity index is 1.48. The SMILES string of the molecule is O=C(Nc1cccc(C(F)(F)F)c1)N1CCN(c2nc(Nc3cccc(C(F)(F)F)c3)nc(OCC(F)(F)F)n2)CC1. The Hall–Kier alpha value is -4.51. The van der Waals surface area contributed by atoms with Crippen LogP contribution in [-0.2, 0) is 12.4 Å². The summed E-state index contributed by atoms with van der Waals surface area (Å²) in [5.74, 6) is -0.587. The number of hydrogen-bond acceptors (Lipinski definition) is 7. The summed E-state index contributed by atoms with van der Waals surface area (Å²) in [4.78, 5) is 27.0. The van der Waals surface area contributed by atoms with Crippen LogP contribution in [0.3, 0.4) is 0 Å². The van der Waals surface area contributed by atoms with Crippen molar-refractivity contribution in [3.8, 4) is 6.01 Å². The zero-order valence-electron chi connectivity index (χ0n) is 21.1. The van der Waals surface area contributed by atoms with Crippen molar-refractivity contribution in [2.45, 2.75) is 18.5 Å². The molecule has 0 spiro atoms. The van der Waals surface area contributed by atoms with E-state index in [0.29, 0.717) is 0 Å². The molecule has 18 heteroatoms. The van der Waals surface area contributed by atoms with Gasteiger partial charge in [-0.05, 0) is 36.4 Å². The van der Waals surface area contributed by atoms with E-state index in [1.165, 1.54) is 21.9 Å². The van der Waals surface area contributed by atoms with Gasteiger partial charge in [-0.25, -0.2) is 4.79 Å². The highest BCUT2D eigenvalue weighted by atomic mass is 19.4. The van der Waals surface area contributed by atoms with E-state index in [2.05, 4.69) is 30.3 Å². The van der Waals surface area contributed by atoms with E-state index in [1.807, 2.05) is 0 Å². The number of nitrogens with zero attached hydrogens (tertiary/aromatic N) is 5. The lowest BCUT2D eigenvalue weighted by atomic mass is 10.2. The molecule has 4 rings (SSSR count). The number of aromatic nitrogens is 3. The highest BCUT2D eigenvalue weighted by Gasteiger charge is 2.32. The molecule has 0 aliphatic carbocycles. The molecule has 2 N–H and O–H groups in total. The molecule has 1 aromatic heterocycles. The van der Waals surface area contributed by atoms with Gasteiger partial charge in [0.05, 0.1) is 11.1 Å². The average Bonchev–Trinajstić information content (AvgIpc) is 2.91. The van der Waals surface area contributed by atoms with Gasteiger partial charge < -0.3 is 25.2 Å². The van der Waals surface area contributed by atoms with Crippen molar-refractivity contribution in [1.29, 1.82) is 0 Å². The molecular formula is C24H20F9N7O2. The van der Waals surface area contributed by atoms with E-state index < -0.39 is 54.3 Å². The van der Waals surface area contributed by atoms with Crippen LogP contribution in [0.5, 0.6) is 6.01 Å². The van der Waals surface area contributed by atoms with Crippen LogP contribution in [-0.4, -0.2) is 64.8 Å². The molecule has 2 amide bonds. The van der Waals surface area contributed by atoms with Crippen LogP contribution >= 0.6 is 0 Å². The highest BCUT2D eigenvalue weighted by molar-refractivity contribution is 5.89. The van der Waals surface area contributed by atoms with Crippen LogP contribution in [0.2, 0.25) is 0 Å². The van der Waals surface area contributed by atoms with Crippen molar-refractivity contribution < 1.29 is 49.0 Å². The number of anilines is 4. The molecule has 3 aromatic rings. The standard InChI is InChI=1S/C24H20F9N7O2/c25-22(26,27)13-42-20-37-18(34-16-5-1-3-14(11-16)23(28,29)30)36-19(38-20)39-7-9-40(10-8-39)21(41)35-17-6-2-4-15(12-17)24(31,32)33/h1-6,11-12H,7-10,13H2,(H,35,41)(H,34,36,37,38). The molecule has 0 bridgehead atoms. The maximum absolute atomic E-state index is 13.1. The number of rotatable bonds is 6. The van der Waals surface area contributed by atoms with Crippen LogP contribution in [0.15, 0.2) is 48.5 Å². The predicted molar refractivity (Wildman–Crippen MR) is 130 cm³/mol. The predicted octanol–water partition coefficient (Wildman–Crippen LogP) is 5.95. The van der Waals surface area contributed by atoms with Crippen LogP contribution in [0.1, 0.15) is 11.1 Å². The van der Waals surface area contributed by atoms with Gasteiger partial charge in [-0.15, -0.1) is 0 Å². The molecule has 2 heterocycles.